The number of benzene rings is 1. The summed E-state index contributed by atoms with van der Waals surface area (Å²) in [7, 11) is 0. The number of halogens is 1. The SMILES string of the molecule is CCCCn1ccc[n+]1CC(=O)Cc1c(C)cccc1C.[Br-]. The van der Waals surface area contributed by atoms with E-state index in [0.717, 1.165) is 19.4 Å². The van der Waals surface area contributed by atoms with E-state index in [2.05, 4.69) is 37.6 Å². The molecular formula is C18H25BrN2O. The van der Waals surface area contributed by atoms with Crippen molar-refractivity contribution in [1.82, 2.24) is 4.68 Å². The Hall–Kier alpha value is -1.42. The third kappa shape index (κ3) is 4.80. The van der Waals surface area contributed by atoms with Gasteiger partial charge in [-0.1, -0.05) is 31.5 Å². The molecule has 22 heavy (non-hydrogen) atoms. The van der Waals surface area contributed by atoms with Crippen LogP contribution in [0.3, 0.4) is 0 Å². The predicted octanol–water partition coefficient (Wildman–Crippen LogP) is 0.00834. The van der Waals surface area contributed by atoms with Gasteiger partial charge in [-0.15, -0.1) is 4.68 Å². The Kier molecular flexibility index (Phi) is 7.52. The lowest BCUT2D eigenvalue weighted by Crippen LogP contribution is -3.00. The highest BCUT2D eigenvalue weighted by molar-refractivity contribution is 5.80. The number of aryl methyl sites for hydroxylation is 3. The van der Waals surface area contributed by atoms with Gasteiger partial charge in [-0.25, -0.2) is 0 Å². The van der Waals surface area contributed by atoms with Crippen LogP contribution in [0.25, 0.3) is 0 Å². The molecule has 2 rings (SSSR count). The smallest absolute Gasteiger partial charge is 0.230 e. The Balaban J connectivity index is 0.00000242. The van der Waals surface area contributed by atoms with Gasteiger partial charge in [-0.2, -0.15) is 4.68 Å². The van der Waals surface area contributed by atoms with Gasteiger partial charge in [-0.3, -0.25) is 4.79 Å². The predicted molar refractivity (Wildman–Crippen MR) is 84.2 cm³/mol. The summed E-state index contributed by atoms with van der Waals surface area (Å²) in [4.78, 5) is 12.4. The first-order valence-corrected chi connectivity index (χ1v) is 7.73. The molecule has 0 amide bonds. The van der Waals surface area contributed by atoms with Gasteiger partial charge in [0.2, 0.25) is 12.3 Å². The molecule has 0 unspecified atom stereocenters. The van der Waals surface area contributed by atoms with Crippen LogP contribution >= 0.6 is 0 Å². The molecule has 0 N–H and O–H groups in total. The van der Waals surface area contributed by atoms with Crippen molar-refractivity contribution < 1.29 is 26.5 Å². The second-order valence-electron chi connectivity index (χ2n) is 5.69. The van der Waals surface area contributed by atoms with Gasteiger partial charge in [0.15, 0.2) is 6.20 Å². The van der Waals surface area contributed by atoms with Gasteiger partial charge in [0.25, 0.3) is 0 Å². The second kappa shape index (κ2) is 8.89. The van der Waals surface area contributed by atoms with Crippen molar-refractivity contribution in [2.75, 3.05) is 0 Å². The number of carbonyl (C=O) groups excluding carboxylic acids is 1. The third-order valence-corrected chi connectivity index (χ3v) is 3.94. The summed E-state index contributed by atoms with van der Waals surface area (Å²) < 4.78 is 4.15. The summed E-state index contributed by atoms with van der Waals surface area (Å²) in [5.74, 6) is 0.258. The van der Waals surface area contributed by atoms with Crippen molar-refractivity contribution in [1.29, 1.82) is 0 Å². The molecular weight excluding hydrogens is 340 g/mol. The molecule has 0 bridgehead atoms. The van der Waals surface area contributed by atoms with Gasteiger partial charge in [-0.05, 0) is 37.0 Å². The fraction of sp³-hybridized carbons (Fsp3) is 0.444. The Morgan fingerprint density at radius 2 is 1.86 bits per heavy atom. The van der Waals surface area contributed by atoms with E-state index in [1.807, 2.05) is 29.2 Å². The van der Waals surface area contributed by atoms with Crippen molar-refractivity contribution >= 4 is 5.78 Å². The van der Waals surface area contributed by atoms with Crippen LogP contribution in [0.2, 0.25) is 0 Å². The summed E-state index contributed by atoms with van der Waals surface area (Å²) in [5, 5.41) is 0. The molecule has 0 atom stereocenters. The van der Waals surface area contributed by atoms with Crippen LogP contribution in [0.15, 0.2) is 36.7 Å². The normalized spacial score (nSPS) is 10.3. The number of carbonyl (C=O) groups is 1. The average Bonchev–Trinajstić information content (AvgIpc) is 2.88. The molecule has 120 valence electrons. The molecule has 1 aromatic carbocycles. The van der Waals surface area contributed by atoms with Crippen LogP contribution < -0.4 is 21.7 Å². The standard InChI is InChI=1S/C18H25N2O.BrH/c1-4-5-10-19-11-7-12-20(19)14-17(21)13-18-15(2)8-6-9-16(18)3;/h6-9,11-12H,4-5,10,13-14H2,1-3H3;1H/q+1;/p-1. The zero-order valence-corrected chi connectivity index (χ0v) is 15.3. The van der Waals surface area contributed by atoms with Crippen LogP contribution in [-0.4, -0.2) is 10.5 Å². The van der Waals surface area contributed by atoms with E-state index >= 15 is 0 Å². The maximum atomic E-state index is 12.4. The van der Waals surface area contributed by atoms with Gasteiger partial charge < -0.3 is 17.0 Å². The Bertz CT molecular complexity index is 599. The topological polar surface area (TPSA) is 25.9 Å². The minimum atomic E-state index is 0. The fourth-order valence-corrected chi connectivity index (χ4v) is 2.64. The molecule has 0 aliphatic rings. The van der Waals surface area contributed by atoms with E-state index in [9.17, 15) is 4.79 Å². The maximum Gasteiger partial charge on any atom is 0.230 e. The Labute approximate surface area is 143 Å². The summed E-state index contributed by atoms with van der Waals surface area (Å²) in [5.41, 5.74) is 3.58. The second-order valence-corrected chi connectivity index (χ2v) is 5.69. The number of nitrogens with zero attached hydrogens (tertiary/aromatic N) is 2. The number of aromatic nitrogens is 2. The van der Waals surface area contributed by atoms with Gasteiger partial charge in [0, 0.05) is 12.5 Å². The zero-order valence-electron chi connectivity index (χ0n) is 13.7. The average molecular weight is 365 g/mol. The van der Waals surface area contributed by atoms with Crippen LogP contribution in [0.1, 0.15) is 36.5 Å². The highest BCUT2D eigenvalue weighted by atomic mass is 79.9. The van der Waals surface area contributed by atoms with Gasteiger partial charge in [0.05, 0.1) is 12.7 Å². The molecule has 0 fully saturated rings. The molecule has 0 aliphatic carbocycles. The van der Waals surface area contributed by atoms with Crippen molar-refractivity contribution in [3.05, 3.63) is 53.3 Å². The Morgan fingerprint density at radius 1 is 1.18 bits per heavy atom. The molecule has 0 saturated carbocycles. The van der Waals surface area contributed by atoms with E-state index in [-0.39, 0.29) is 22.8 Å². The van der Waals surface area contributed by atoms with E-state index in [0.29, 0.717) is 13.0 Å². The number of unbranched alkanes of at least 4 members (excludes halogenated alkanes) is 1. The number of Topliss-reactive ketones (excluding diaryl/α,β-unsaturated/α-hetero) is 1. The molecule has 1 aromatic heterocycles. The first-order valence-electron chi connectivity index (χ1n) is 7.73. The van der Waals surface area contributed by atoms with Crippen LogP contribution in [0.4, 0.5) is 0 Å². The molecule has 0 saturated heterocycles. The van der Waals surface area contributed by atoms with E-state index in [4.69, 9.17) is 0 Å². The lowest BCUT2D eigenvalue weighted by atomic mass is 9.98. The third-order valence-electron chi connectivity index (χ3n) is 3.94. The fourth-order valence-electron chi connectivity index (χ4n) is 2.64. The largest absolute Gasteiger partial charge is 1.00 e. The summed E-state index contributed by atoms with van der Waals surface area (Å²) >= 11 is 0. The summed E-state index contributed by atoms with van der Waals surface area (Å²) in [6.07, 6.45) is 6.85. The molecule has 3 nitrogen and oxygen atoms in total. The molecule has 0 aliphatic heterocycles. The number of hydrogen-bond donors (Lipinski definition) is 0. The lowest BCUT2D eigenvalue weighted by Gasteiger charge is -2.08. The summed E-state index contributed by atoms with van der Waals surface area (Å²) in [6.45, 7) is 7.75. The lowest BCUT2D eigenvalue weighted by molar-refractivity contribution is -0.764. The molecule has 4 heteroatoms. The van der Waals surface area contributed by atoms with Crippen LogP contribution in [0.5, 0.6) is 0 Å². The minimum Gasteiger partial charge on any atom is -1.00 e. The van der Waals surface area contributed by atoms with E-state index in [1.165, 1.54) is 16.7 Å². The molecule has 0 spiro atoms. The monoisotopic (exact) mass is 364 g/mol. The van der Waals surface area contributed by atoms with Crippen LogP contribution in [0, 0.1) is 13.8 Å². The van der Waals surface area contributed by atoms with Gasteiger partial charge in [0.1, 0.15) is 0 Å². The van der Waals surface area contributed by atoms with E-state index in [1.54, 1.807) is 0 Å². The molecule has 2 aromatic rings. The quantitative estimate of drug-likeness (QED) is 0.635. The Morgan fingerprint density at radius 3 is 2.50 bits per heavy atom. The van der Waals surface area contributed by atoms with Gasteiger partial charge >= 0.3 is 0 Å². The highest BCUT2D eigenvalue weighted by Gasteiger charge is 2.16. The van der Waals surface area contributed by atoms with Crippen molar-refractivity contribution in [2.24, 2.45) is 0 Å². The first-order chi connectivity index (χ1) is 10.1. The molecule has 1 heterocycles. The highest BCUT2D eigenvalue weighted by Crippen LogP contribution is 2.14. The summed E-state index contributed by atoms with van der Waals surface area (Å²) in [6, 6.07) is 8.20. The zero-order chi connectivity index (χ0) is 15.2. The van der Waals surface area contributed by atoms with Crippen LogP contribution in [-0.2, 0) is 24.3 Å². The van der Waals surface area contributed by atoms with Crippen molar-refractivity contribution in [3.8, 4) is 0 Å². The van der Waals surface area contributed by atoms with Crippen molar-refractivity contribution in [2.45, 2.75) is 53.1 Å². The van der Waals surface area contributed by atoms with Crippen molar-refractivity contribution in [3.63, 3.8) is 0 Å². The molecule has 0 radical (unpaired) electrons. The number of hydrogen-bond acceptors (Lipinski definition) is 1. The first kappa shape index (κ1) is 18.6. The van der Waals surface area contributed by atoms with E-state index < -0.39 is 0 Å². The number of rotatable bonds is 7. The minimum absolute atomic E-state index is 0. The number of ketones is 1. The maximum absolute atomic E-state index is 12.4.